The fraction of sp³-hybridized carbons (Fsp3) is 0.129. The lowest BCUT2D eigenvalue weighted by Crippen LogP contribution is -2.26. The summed E-state index contributed by atoms with van der Waals surface area (Å²) in [6.45, 7) is 1.79. The van der Waals surface area contributed by atoms with Gasteiger partial charge in [0.2, 0.25) is 0 Å². The minimum Gasteiger partial charge on any atom is -0.346 e. The van der Waals surface area contributed by atoms with Gasteiger partial charge in [-0.15, -0.1) is 5.10 Å². The van der Waals surface area contributed by atoms with Crippen LogP contribution >= 0.6 is 7.14 Å². The van der Waals surface area contributed by atoms with E-state index in [0.29, 0.717) is 38.3 Å². The zero-order chi connectivity index (χ0) is 29.0. The Hall–Kier alpha value is -4.49. The van der Waals surface area contributed by atoms with E-state index in [1.165, 1.54) is 4.68 Å². The van der Waals surface area contributed by atoms with Crippen LogP contribution in [0.5, 0.6) is 0 Å². The topological polar surface area (TPSA) is 76.9 Å². The van der Waals surface area contributed by atoms with Gasteiger partial charge in [-0.2, -0.15) is 13.2 Å². The molecule has 1 amide bonds. The monoisotopic (exact) mass is 574 g/mol. The molecule has 1 aromatic heterocycles. The molecule has 0 bridgehead atoms. The van der Waals surface area contributed by atoms with E-state index in [-0.39, 0.29) is 19.0 Å². The van der Waals surface area contributed by atoms with E-state index in [0.717, 1.165) is 12.1 Å². The number of hydrogen-bond donors (Lipinski definition) is 1. The Labute approximate surface area is 235 Å². The lowest BCUT2D eigenvalue weighted by molar-refractivity contribution is -0.137. The summed E-state index contributed by atoms with van der Waals surface area (Å²) >= 11 is 0. The Kier molecular flexibility index (Phi) is 7.90. The molecule has 6 nitrogen and oxygen atoms in total. The molecule has 0 spiro atoms. The fourth-order valence-corrected chi connectivity index (χ4v) is 7.27. The van der Waals surface area contributed by atoms with E-state index in [4.69, 9.17) is 0 Å². The van der Waals surface area contributed by atoms with Crippen molar-refractivity contribution >= 4 is 29.0 Å². The van der Waals surface area contributed by atoms with Gasteiger partial charge in [0.25, 0.3) is 5.91 Å². The molecule has 0 atom stereocenters. The molecule has 4 aromatic carbocycles. The fourth-order valence-electron chi connectivity index (χ4n) is 4.62. The third kappa shape index (κ3) is 6.31. The third-order valence-corrected chi connectivity index (χ3v) is 9.63. The Morgan fingerprint density at radius 1 is 0.854 bits per heavy atom. The van der Waals surface area contributed by atoms with E-state index in [9.17, 15) is 22.5 Å². The minimum absolute atomic E-state index is 0.0781. The van der Waals surface area contributed by atoms with Gasteiger partial charge >= 0.3 is 6.18 Å². The first-order valence-electron chi connectivity index (χ1n) is 12.8. The van der Waals surface area contributed by atoms with E-state index in [2.05, 4.69) is 15.6 Å². The summed E-state index contributed by atoms with van der Waals surface area (Å²) in [6.07, 6.45) is -2.86. The Balaban J connectivity index is 1.27. The minimum atomic E-state index is -4.43. The van der Waals surface area contributed by atoms with Gasteiger partial charge < -0.3 is 9.88 Å². The van der Waals surface area contributed by atoms with E-state index in [1.807, 2.05) is 60.7 Å². The molecule has 5 aromatic rings. The molecule has 0 aliphatic carbocycles. The van der Waals surface area contributed by atoms with Crippen LogP contribution in [0.1, 0.15) is 32.7 Å². The van der Waals surface area contributed by atoms with Crippen molar-refractivity contribution in [2.45, 2.75) is 26.2 Å². The standard InChI is InChI=1S/C31H26F3N4O2P/c1-22-16-23(18-25(17-22)31(32,33)34)20-38-21-26(36-37-38)19-35-30(39)24-12-14-29(15-13-24)41(40,27-8-4-2-5-9-27)28-10-6-3-7-11-28/h2-18,21H,19-20H2,1H3,(H,35,39). The van der Waals surface area contributed by atoms with E-state index in [1.54, 1.807) is 43.5 Å². The number of aromatic nitrogens is 3. The molecule has 0 aliphatic rings. The van der Waals surface area contributed by atoms with Crippen molar-refractivity contribution < 1.29 is 22.5 Å². The first kappa shape index (κ1) is 28.1. The number of amides is 1. The molecule has 1 heterocycles. The number of hydrogen-bond acceptors (Lipinski definition) is 4. The summed E-state index contributed by atoms with van der Waals surface area (Å²) in [6, 6.07) is 29.1. The molecule has 41 heavy (non-hydrogen) atoms. The van der Waals surface area contributed by atoms with Gasteiger partial charge in [0.15, 0.2) is 7.14 Å². The first-order valence-corrected chi connectivity index (χ1v) is 14.5. The Morgan fingerprint density at radius 2 is 1.44 bits per heavy atom. The number of halogens is 3. The van der Waals surface area contributed by atoms with Crippen LogP contribution in [-0.2, 0) is 23.8 Å². The maximum Gasteiger partial charge on any atom is 0.416 e. The predicted molar refractivity (Wildman–Crippen MR) is 152 cm³/mol. The Bertz CT molecular complexity index is 1660. The molecule has 0 unspecified atom stereocenters. The van der Waals surface area contributed by atoms with Gasteiger partial charge in [-0.05, 0) is 36.8 Å². The zero-order valence-electron chi connectivity index (χ0n) is 22.0. The average Bonchev–Trinajstić information content (AvgIpc) is 3.42. The summed E-state index contributed by atoms with van der Waals surface area (Å²) in [5.41, 5.74) is 1.07. The number of rotatable bonds is 8. The van der Waals surface area contributed by atoms with E-state index < -0.39 is 18.9 Å². The molecular formula is C31H26F3N4O2P. The number of aryl methyl sites for hydroxylation is 1. The quantitative estimate of drug-likeness (QED) is 0.258. The number of carbonyl (C=O) groups is 1. The van der Waals surface area contributed by atoms with Crippen molar-refractivity contribution in [2.75, 3.05) is 0 Å². The lowest BCUT2D eigenvalue weighted by Gasteiger charge is -2.20. The van der Waals surface area contributed by atoms with Crippen LogP contribution in [0.3, 0.4) is 0 Å². The van der Waals surface area contributed by atoms with Crippen molar-refractivity contribution in [3.63, 3.8) is 0 Å². The predicted octanol–water partition coefficient (Wildman–Crippen LogP) is 5.22. The second-order valence-corrected chi connectivity index (χ2v) is 12.4. The van der Waals surface area contributed by atoms with Crippen LogP contribution in [0.4, 0.5) is 13.2 Å². The highest BCUT2D eigenvalue weighted by Crippen LogP contribution is 2.42. The molecule has 0 fully saturated rings. The van der Waals surface area contributed by atoms with Gasteiger partial charge in [-0.3, -0.25) is 4.79 Å². The van der Waals surface area contributed by atoms with Crippen molar-refractivity contribution in [3.8, 4) is 0 Å². The van der Waals surface area contributed by atoms with Crippen molar-refractivity contribution in [1.82, 2.24) is 20.3 Å². The van der Waals surface area contributed by atoms with Crippen LogP contribution in [0.15, 0.2) is 109 Å². The van der Waals surface area contributed by atoms with Gasteiger partial charge in [0, 0.05) is 21.5 Å². The highest BCUT2D eigenvalue weighted by atomic mass is 31.2. The third-order valence-electron chi connectivity index (χ3n) is 6.56. The molecule has 0 saturated carbocycles. The second-order valence-electron chi connectivity index (χ2n) is 9.62. The maximum atomic E-state index is 14.5. The molecule has 208 valence electrons. The largest absolute Gasteiger partial charge is 0.416 e. The number of nitrogens with one attached hydrogen (secondary N) is 1. The molecular weight excluding hydrogens is 548 g/mol. The summed E-state index contributed by atoms with van der Waals surface area (Å²) in [7, 11) is -3.15. The van der Waals surface area contributed by atoms with Crippen molar-refractivity contribution in [1.29, 1.82) is 0 Å². The maximum absolute atomic E-state index is 14.5. The number of nitrogens with zero attached hydrogens (tertiary/aromatic N) is 3. The van der Waals surface area contributed by atoms with Gasteiger partial charge in [0.1, 0.15) is 5.69 Å². The molecule has 10 heteroatoms. The normalized spacial score (nSPS) is 11.8. The van der Waals surface area contributed by atoms with Crippen LogP contribution in [-0.4, -0.2) is 20.9 Å². The van der Waals surface area contributed by atoms with Gasteiger partial charge in [-0.1, -0.05) is 89.6 Å². The molecule has 0 radical (unpaired) electrons. The summed E-state index contributed by atoms with van der Waals surface area (Å²) in [5.74, 6) is -0.353. The molecule has 1 N–H and O–H groups in total. The van der Waals surface area contributed by atoms with Crippen molar-refractivity contribution in [2.24, 2.45) is 0 Å². The number of carbonyl (C=O) groups excluding carboxylic acids is 1. The SMILES string of the molecule is Cc1cc(Cn2cc(CNC(=O)c3ccc(P(=O)(c4ccccc4)c4ccccc4)cc3)nn2)cc(C(F)(F)F)c1. The first-order chi connectivity index (χ1) is 19.6. The van der Waals surface area contributed by atoms with Gasteiger partial charge in [0.05, 0.1) is 24.8 Å². The van der Waals surface area contributed by atoms with E-state index >= 15 is 0 Å². The highest BCUT2D eigenvalue weighted by Gasteiger charge is 2.31. The second kappa shape index (κ2) is 11.6. The van der Waals surface area contributed by atoms with Gasteiger partial charge in [-0.25, -0.2) is 4.68 Å². The Morgan fingerprint density at radius 3 is 2.02 bits per heavy atom. The molecule has 5 rings (SSSR count). The summed E-state index contributed by atoms with van der Waals surface area (Å²) < 4.78 is 55.3. The van der Waals surface area contributed by atoms with Crippen LogP contribution < -0.4 is 21.2 Å². The van der Waals surface area contributed by atoms with Crippen LogP contribution in [0.2, 0.25) is 0 Å². The smallest absolute Gasteiger partial charge is 0.346 e. The lowest BCUT2D eigenvalue weighted by atomic mass is 10.1. The average molecular weight is 575 g/mol. The highest BCUT2D eigenvalue weighted by molar-refractivity contribution is 7.85. The molecule has 0 saturated heterocycles. The summed E-state index contributed by atoms with van der Waals surface area (Å²) in [5, 5.41) is 12.8. The number of alkyl halides is 3. The summed E-state index contributed by atoms with van der Waals surface area (Å²) in [4.78, 5) is 12.8. The zero-order valence-corrected chi connectivity index (χ0v) is 22.9. The van der Waals surface area contributed by atoms with Crippen LogP contribution in [0.25, 0.3) is 0 Å². The van der Waals surface area contributed by atoms with Crippen molar-refractivity contribution in [3.05, 3.63) is 137 Å². The number of benzene rings is 4. The van der Waals surface area contributed by atoms with Crippen LogP contribution in [0, 0.1) is 6.92 Å². The molecule has 0 aliphatic heterocycles.